The highest BCUT2D eigenvalue weighted by Gasteiger charge is 2.36. The maximum Gasteiger partial charge on any atom is 0.403 e. The smallest absolute Gasteiger partial charge is 0.403 e. The molecule has 0 fully saturated rings. The Labute approximate surface area is 97.0 Å². The standard InChI is InChI=1S/C6H11F3N2O2.2ClH/c7-6(8,9)4(11)2-1-3(10)5(12)13;;/h3-4H,1-2,10-11H2,(H,12,13);2*1H. The molecule has 0 saturated carbocycles. The van der Waals surface area contributed by atoms with Crippen LogP contribution in [0.3, 0.4) is 0 Å². The molecule has 0 saturated heterocycles. The topological polar surface area (TPSA) is 89.3 Å². The van der Waals surface area contributed by atoms with Crippen molar-refractivity contribution in [2.45, 2.75) is 31.1 Å². The number of rotatable bonds is 4. The zero-order chi connectivity index (χ0) is 10.6. The number of carboxylic acids is 1. The van der Waals surface area contributed by atoms with E-state index in [1.54, 1.807) is 0 Å². The van der Waals surface area contributed by atoms with E-state index in [-0.39, 0.29) is 31.2 Å². The van der Waals surface area contributed by atoms with Crippen LogP contribution in [0.5, 0.6) is 0 Å². The van der Waals surface area contributed by atoms with Crippen molar-refractivity contribution in [3.05, 3.63) is 0 Å². The lowest BCUT2D eigenvalue weighted by Crippen LogP contribution is -2.40. The second-order valence-electron chi connectivity index (χ2n) is 2.67. The minimum Gasteiger partial charge on any atom is -0.480 e. The van der Waals surface area contributed by atoms with Crippen molar-refractivity contribution in [1.82, 2.24) is 0 Å². The number of carboxylic acid groups (broad SMARTS) is 1. The second-order valence-corrected chi connectivity index (χ2v) is 2.67. The third-order valence-electron chi connectivity index (χ3n) is 1.53. The molecule has 0 heterocycles. The fourth-order valence-corrected chi connectivity index (χ4v) is 0.646. The lowest BCUT2D eigenvalue weighted by atomic mass is 10.1. The normalized spacial score (nSPS) is 14.5. The first-order valence-electron chi connectivity index (χ1n) is 3.56. The Balaban J connectivity index is -0.000000720. The number of alkyl halides is 3. The lowest BCUT2D eigenvalue weighted by Gasteiger charge is -2.16. The zero-order valence-electron chi connectivity index (χ0n) is 7.53. The second kappa shape index (κ2) is 7.98. The molecule has 0 aliphatic rings. The van der Waals surface area contributed by atoms with Gasteiger partial charge < -0.3 is 16.6 Å². The predicted molar refractivity (Wildman–Crippen MR) is 53.4 cm³/mol. The number of halogens is 5. The summed E-state index contributed by atoms with van der Waals surface area (Å²) >= 11 is 0. The van der Waals surface area contributed by atoms with E-state index in [2.05, 4.69) is 0 Å². The summed E-state index contributed by atoms with van der Waals surface area (Å²) in [4.78, 5) is 10.1. The van der Waals surface area contributed by atoms with Crippen molar-refractivity contribution < 1.29 is 23.1 Å². The first kappa shape index (κ1) is 20.2. The summed E-state index contributed by atoms with van der Waals surface area (Å²) in [6.07, 6.45) is -5.24. The first-order valence-corrected chi connectivity index (χ1v) is 3.56. The highest BCUT2D eigenvalue weighted by molar-refractivity contribution is 5.85. The first-order chi connectivity index (χ1) is 5.75. The van der Waals surface area contributed by atoms with Crippen LogP contribution in [-0.2, 0) is 4.79 Å². The summed E-state index contributed by atoms with van der Waals surface area (Å²) in [5.41, 5.74) is 9.71. The van der Waals surface area contributed by atoms with Gasteiger partial charge in [-0.25, -0.2) is 0 Å². The molecular weight excluding hydrogens is 260 g/mol. The summed E-state index contributed by atoms with van der Waals surface area (Å²) in [6, 6.07) is -3.29. The Morgan fingerprint density at radius 1 is 1.20 bits per heavy atom. The van der Waals surface area contributed by atoms with Crippen molar-refractivity contribution in [3.8, 4) is 0 Å². The van der Waals surface area contributed by atoms with Gasteiger partial charge in [0.1, 0.15) is 12.1 Å². The van der Waals surface area contributed by atoms with Crippen LogP contribution < -0.4 is 11.5 Å². The molecule has 9 heteroatoms. The maximum atomic E-state index is 11.8. The van der Waals surface area contributed by atoms with Gasteiger partial charge in [0.25, 0.3) is 0 Å². The molecule has 0 aliphatic heterocycles. The van der Waals surface area contributed by atoms with E-state index in [1.807, 2.05) is 0 Å². The van der Waals surface area contributed by atoms with Gasteiger partial charge in [-0.2, -0.15) is 13.2 Å². The van der Waals surface area contributed by atoms with E-state index >= 15 is 0 Å². The number of aliphatic carboxylic acids is 1. The van der Waals surface area contributed by atoms with Gasteiger partial charge in [0.15, 0.2) is 0 Å². The molecule has 15 heavy (non-hydrogen) atoms. The van der Waals surface area contributed by atoms with Gasteiger partial charge in [-0.3, -0.25) is 4.79 Å². The van der Waals surface area contributed by atoms with E-state index in [0.717, 1.165) is 0 Å². The Morgan fingerprint density at radius 2 is 1.60 bits per heavy atom. The molecule has 0 rings (SSSR count). The molecule has 0 aromatic heterocycles. The van der Waals surface area contributed by atoms with Gasteiger partial charge in [-0.1, -0.05) is 0 Å². The molecule has 0 aromatic rings. The molecule has 0 radical (unpaired) electrons. The SMILES string of the molecule is Cl.Cl.NC(CCC(N)C(F)(F)F)C(=O)O. The number of hydrogen-bond donors (Lipinski definition) is 3. The number of hydrogen-bond acceptors (Lipinski definition) is 3. The quantitative estimate of drug-likeness (QED) is 0.710. The summed E-state index contributed by atoms with van der Waals surface area (Å²) in [5, 5.41) is 8.25. The maximum absolute atomic E-state index is 11.8. The minimum absolute atomic E-state index is 0. The van der Waals surface area contributed by atoms with Gasteiger partial charge in [-0.05, 0) is 12.8 Å². The third-order valence-corrected chi connectivity index (χ3v) is 1.53. The molecule has 0 spiro atoms. The van der Waals surface area contributed by atoms with Gasteiger partial charge in [0.05, 0.1) is 0 Å². The highest BCUT2D eigenvalue weighted by atomic mass is 35.5. The zero-order valence-corrected chi connectivity index (χ0v) is 9.16. The fourth-order valence-electron chi connectivity index (χ4n) is 0.646. The van der Waals surface area contributed by atoms with Crippen molar-refractivity contribution in [2.24, 2.45) is 11.5 Å². The van der Waals surface area contributed by atoms with E-state index < -0.39 is 30.7 Å². The van der Waals surface area contributed by atoms with Crippen LogP contribution in [0.1, 0.15) is 12.8 Å². The van der Waals surface area contributed by atoms with Crippen molar-refractivity contribution >= 4 is 30.8 Å². The Bertz CT molecular complexity index is 192. The molecule has 2 unspecified atom stereocenters. The fraction of sp³-hybridized carbons (Fsp3) is 0.833. The lowest BCUT2D eigenvalue weighted by molar-refractivity contribution is -0.151. The largest absolute Gasteiger partial charge is 0.480 e. The molecule has 0 aliphatic carbocycles. The van der Waals surface area contributed by atoms with E-state index in [0.29, 0.717) is 0 Å². The highest BCUT2D eigenvalue weighted by Crippen LogP contribution is 2.21. The molecule has 94 valence electrons. The Hall–Kier alpha value is -0.240. The van der Waals surface area contributed by atoms with Gasteiger partial charge >= 0.3 is 12.1 Å². The molecular formula is C6H13Cl2F3N2O2. The van der Waals surface area contributed by atoms with Crippen LogP contribution in [0.15, 0.2) is 0 Å². The molecule has 0 bridgehead atoms. The van der Waals surface area contributed by atoms with E-state index in [1.165, 1.54) is 0 Å². The van der Waals surface area contributed by atoms with Crippen LogP contribution in [0, 0.1) is 0 Å². The summed E-state index contributed by atoms with van der Waals surface area (Å²) in [5.74, 6) is -1.32. The molecule has 5 N–H and O–H groups in total. The summed E-state index contributed by atoms with van der Waals surface area (Å²) in [6.45, 7) is 0. The average Bonchev–Trinajstić information content (AvgIpc) is 1.97. The molecule has 0 aromatic carbocycles. The van der Waals surface area contributed by atoms with Crippen molar-refractivity contribution in [1.29, 1.82) is 0 Å². The van der Waals surface area contributed by atoms with E-state index in [4.69, 9.17) is 16.6 Å². The van der Waals surface area contributed by atoms with Gasteiger partial charge in [-0.15, -0.1) is 24.8 Å². The van der Waals surface area contributed by atoms with Crippen LogP contribution in [0.2, 0.25) is 0 Å². The number of carbonyl (C=O) groups is 1. The Kier molecular flexibility index (Phi) is 10.7. The summed E-state index contributed by atoms with van der Waals surface area (Å²) < 4.78 is 35.4. The van der Waals surface area contributed by atoms with Crippen LogP contribution >= 0.6 is 24.8 Å². The predicted octanol–water partition coefficient (Wildman–Crippen LogP) is 0.912. The molecule has 4 nitrogen and oxygen atoms in total. The van der Waals surface area contributed by atoms with Crippen molar-refractivity contribution in [3.63, 3.8) is 0 Å². The van der Waals surface area contributed by atoms with E-state index in [9.17, 15) is 18.0 Å². The third kappa shape index (κ3) is 8.73. The summed E-state index contributed by atoms with van der Waals surface area (Å²) in [7, 11) is 0. The monoisotopic (exact) mass is 272 g/mol. The minimum atomic E-state index is -4.49. The van der Waals surface area contributed by atoms with Crippen LogP contribution in [0.25, 0.3) is 0 Å². The Morgan fingerprint density at radius 3 is 1.87 bits per heavy atom. The van der Waals surface area contributed by atoms with Gasteiger partial charge in [0, 0.05) is 0 Å². The van der Waals surface area contributed by atoms with Crippen LogP contribution in [-0.4, -0.2) is 29.3 Å². The average molecular weight is 273 g/mol. The number of nitrogens with two attached hydrogens (primary N) is 2. The molecule has 0 amide bonds. The van der Waals surface area contributed by atoms with Crippen molar-refractivity contribution in [2.75, 3.05) is 0 Å². The van der Waals surface area contributed by atoms with Gasteiger partial charge in [0.2, 0.25) is 0 Å². The van der Waals surface area contributed by atoms with Crippen LogP contribution in [0.4, 0.5) is 13.2 Å². The molecule has 2 atom stereocenters.